The molecule has 0 spiro atoms. The van der Waals surface area contributed by atoms with Crippen molar-refractivity contribution in [3.05, 3.63) is 47.8 Å². The SMILES string of the molecule is COc1cc2c(NCc3cccnc3)nc(N3CCCC3)nc2cc1C#CCCN1CCCC1. The number of hydrogen-bond donors (Lipinski definition) is 1. The van der Waals surface area contributed by atoms with Crippen molar-refractivity contribution < 1.29 is 4.74 Å². The largest absolute Gasteiger partial charge is 0.495 e. The van der Waals surface area contributed by atoms with Gasteiger partial charge in [-0.05, 0) is 62.5 Å². The molecule has 2 fully saturated rings. The number of anilines is 2. The summed E-state index contributed by atoms with van der Waals surface area (Å²) >= 11 is 0. The third-order valence-corrected chi connectivity index (χ3v) is 6.55. The van der Waals surface area contributed by atoms with Crippen LogP contribution in [0.4, 0.5) is 11.8 Å². The normalized spacial score (nSPS) is 16.0. The van der Waals surface area contributed by atoms with E-state index >= 15 is 0 Å². The molecular weight excluding hydrogens is 424 g/mol. The van der Waals surface area contributed by atoms with Gasteiger partial charge in [-0.3, -0.25) is 4.98 Å². The molecule has 2 aromatic heterocycles. The van der Waals surface area contributed by atoms with Gasteiger partial charge in [0, 0.05) is 50.4 Å². The number of hydrogen-bond acceptors (Lipinski definition) is 7. The average molecular weight is 457 g/mol. The number of benzene rings is 1. The standard InChI is InChI=1S/C27H32N6O/c1-34-25-18-23-24(17-22(25)10-2-3-12-32-13-4-5-14-32)30-27(33-15-6-7-16-33)31-26(23)29-20-21-9-8-11-28-19-21/h8-9,11,17-19H,3-7,12-16,20H2,1H3,(H,29,30,31). The molecule has 4 heterocycles. The summed E-state index contributed by atoms with van der Waals surface area (Å²) in [7, 11) is 1.69. The summed E-state index contributed by atoms with van der Waals surface area (Å²) in [6, 6.07) is 8.07. The van der Waals surface area contributed by atoms with Gasteiger partial charge in [0.25, 0.3) is 0 Å². The fourth-order valence-electron chi connectivity index (χ4n) is 4.67. The molecule has 0 unspecified atom stereocenters. The average Bonchev–Trinajstić information content (AvgIpc) is 3.60. The van der Waals surface area contributed by atoms with Crippen LogP contribution in [0.5, 0.6) is 5.75 Å². The minimum Gasteiger partial charge on any atom is -0.495 e. The zero-order valence-electron chi connectivity index (χ0n) is 19.9. The van der Waals surface area contributed by atoms with E-state index in [9.17, 15) is 0 Å². The number of fused-ring (bicyclic) bond motifs is 1. The summed E-state index contributed by atoms with van der Waals surface area (Å²) in [6.07, 6.45) is 9.49. The Bertz CT molecular complexity index is 1170. The highest BCUT2D eigenvalue weighted by atomic mass is 16.5. The van der Waals surface area contributed by atoms with Gasteiger partial charge in [0.1, 0.15) is 11.6 Å². The number of pyridine rings is 1. The van der Waals surface area contributed by atoms with Crippen molar-refractivity contribution in [2.45, 2.75) is 38.6 Å². The van der Waals surface area contributed by atoms with E-state index in [4.69, 9.17) is 14.7 Å². The lowest BCUT2D eigenvalue weighted by Crippen LogP contribution is -2.21. The molecule has 3 aromatic rings. The smallest absolute Gasteiger partial charge is 0.227 e. The molecule has 2 aliphatic rings. The zero-order chi connectivity index (χ0) is 23.2. The Balaban J connectivity index is 1.46. The minimum absolute atomic E-state index is 0.639. The molecule has 0 radical (unpaired) electrons. The first-order valence-corrected chi connectivity index (χ1v) is 12.3. The fraction of sp³-hybridized carbons (Fsp3) is 0.444. The van der Waals surface area contributed by atoms with Crippen LogP contribution in [0.15, 0.2) is 36.7 Å². The maximum absolute atomic E-state index is 5.72. The lowest BCUT2D eigenvalue weighted by Gasteiger charge is -2.18. The third kappa shape index (κ3) is 5.23. The number of likely N-dealkylation sites (tertiary alicyclic amines) is 1. The molecule has 2 saturated heterocycles. The minimum atomic E-state index is 0.639. The van der Waals surface area contributed by atoms with Crippen molar-refractivity contribution in [2.24, 2.45) is 0 Å². The Labute approximate surface area is 201 Å². The van der Waals surface area contributed by atoms with Crippen LogP contribution in [0.1, 0.15) is 43.2 Å². The third-order valence-electron chi connectivity index (χ3n) is 6.55. The highest BCUT2D eigenvalue weighted by Gasteiger charge is 2.19. The second kappa shape index (κ2) is 10.7. The second-order valence-corrected chi connectivity index (χ2v) is 8.95. The van der Waals surface area contributed by atoms with Gasteiger partial charge >= 0.3 is 0 Å². The van der Waals surface area contributed by atoms with E-state index in [0.717, 1.165) is 65.6 Å². The Morgan fingerprint density at radius 2 is 1.88 bits per heavy atom. The van der Waals surface area contributed by atoms with Gasteiger partial charge in [-0.2, -0.15) is 4.98 Å². The molecule has 7 nitrogen and oxygen atoms in total. The van der Waals surface area contributed by atoms with Crippen molar-refractivity contribution in [2.75, 3.05) is 50.1 Å². The summed E-state index contributed by atoms with van der Waals surface area (Å²) in [5, 5.41) is 4.44. The monoisotopic (exact) mass is 456 g/mol. The van der Waals surface area contributed by atoms with Crippen molar-refractivity contribution in [1.82, 2.24) is 19.9 Å². The van der Waals surface area contributed by atoms with E-state index in [1.54, 1.807) is 13.3 Å². The molecule has 0 bridgehead atoms. The zero-order valence-corrected chi connectivity index (χ0v) is 19.9. The van der Waals surface area contributed by atoms with E-state index in [1.807, 2.05) is 24.4 Å². The van der Waals surface area contributed by atoms with Crippen LogP contribution in [0.3, 0.4) is 0 Å². The molecule has 0 atom stereocenters. The van der Waals surface area contributed by atoms with Gasteiger partial charge in [0.2, 0.25) is 5.95 Å². The molecule has 0 aliphatic carbocycles. The van der Waals surface area contributed by atoms with Crippen molar-refractivity contribution in [3.8, 4) is 17.6 Å². The summed E-state index contributed by atoms with van der Waals surface area (Å²) in [6.45, 7) is 6.06. The maximum atomic E-state index is 5.72. The molecule has 1 N–H and O–H groups in total. The number of nitrogens with zero attached hydrogens (tertiary/aromatic N) is 5. The molecule has 1 aromatic carbocycles. The Morgan fingerprint density at radius 3 is 2.65 bits per heavy atom. The number of ether oxygens (including phenoxy) is 1. The maximum Gasteiger partial charge on any atom is 0.227 e. The predicted octanol–water partition coefficient (Wildman–Crippen LogP) is 4.08. The van der Waals surface area contributed by atoms with E-state index in [1.165, 1.54) is 38.8 Å². The van der Waals surface area contributed by atoms with Crippen LogP contribution in [-0.2, 0) is 6.54 Å². The highest BCUT2D eigenvalue weighted by molar-refractivity contribution is 5.92. The van der Waals surface area contributed by atoms with E-state index in [-0.39, 0.29) is 0 Å². The molecule has 34 heavy (non-hydrogen) atoms. The molecule has 0 saturated carbocycles. The van der Waals surface area contributed by atoms with Gasteiger partial charge in [0.15, 0.2) is 0 Å². The van der Waals surface area contributed by atoms with Crippen LogP contribution in [0.2, 0.25) is 0 Å². The first-order chi connectivity index (χ1) is 16.8. The van der Waals surface area contributed by atoms with E-state index in [0.29, 0.717) is 6.54 Å². The summed E-state index contributed by atoms with van der Waals surface area (Å²) in [5.41, 5.74) is 2.86. The Morgan fingerprint density at radius 1 is 1.06 bits per heavy atom. The lowest BCUT2D eigenvalue weighted by molar-refractivity contribution is 0.348. The molecule has 5 rings (SSSR count). The van der Waals surface area contributed by atoms with Crippen molar-refractivity contribution in [3.63, 3.8) is 0 Å². The van der Waals surface area contributed by atoms with Crippen LogP contribution in [0.25, 0.3) is 10.9 Å². The van der Waals surface area contributed by atoms with E-state index < -0.39 is 0 Å². The number of aromatic nitrogens is 3. The summed E-state index contributed by atoms with van der Waals surface area (Å²) in [5.74, 6) is 9.03. The molecule has 7 heteroatoms. The highest BCUT2D eigenvalue weighted by Crippen LogP contribution is 2.31. The van der Waals surface area contributed by atoms with Crippen LogP contribution >= 0.6 is 0 Å². The number of nitrogens with one attached hydrogen (secondary N) is 1. The first kappa shape index (κ1) is 22.4. The number of methoxy groups -OCH3 is 1. The van der Waals surface area contributed by atoms with Crippen molar-refractivity contribution in [1.29, 1.82) is 0 Å². The lowest BCUT2D eigenvalue weighted by atomic mass is 10.1. The topological polar surface area (TPSA) is 66.4 Å². The molecule has 2 aliphatic heterocycles. The van der Waals surface area contributed by atoms with Crippen LogP contribution < -0.4 is 15.0 Å². The molecule has 176 valence electrons. The summed E-state index contributed by atoms with van der Waals surface area (Å²) in [4.78, 5) is 18.8. The van der Waals surface area contributed by atoms with Crippen LogP contribution in [-0.4, -0.2) is 59.7 Å². The molecule has 0 amide bonds. The van der Waals surface area contributed by atoms with Crippen LogP contribution in [0, 0.1) is 11.8 Å². The summed E-state index contributed by atoms with van der Waals surface area (Å²) < 4.78 is 5.72. The first-order valence-electron chi connectivity index (χ1n) is 12.3. The van der Waals surface area contributed by atoms with Gasteiger partial charge in [-0.15, -0.1) is 0 Å². The second-order valence-electron chi connectivity index (χ2n) is 8.95. The van der Waals surface area contributed by atoms with Gasteiger partial charge < -0.3 is 19.9 Å². The number of rotatable bonds is 7. The van der Waals surface area contributed by atoms with Gasteiger partial charge in [0.05, 0.1) is 18.2 Å². The Hall–Kier alpha value is -3.37. The van der Waals surface area contributed by atoms with Gasteiger partial charge in [-0.1, -0.05) is 17.9 Å². The Kier molecular flexibility index (Phi) is 7.06. The van der Waals surface area contributed by atoms with E-state index in [2.05, 4.69) is 38.0 Å². The molecular formula is C27H32N6O. The van der Waals surface area contributed by atoms with Gasteiger partial charge in [-0.25, -0.2) is 4.98 Å². The fourth-order valence-corrected chi connectivity index (χ4v) is 4.67. The quantitative estimate of drug-likeness (QED) is 0.537. The predicted molar refractivity (Wildman–Crippen MR) is 136 cm³/mol. The van der Waals surface area contributed by atoms with Crippen molar-refractivity contribution >= 4 is 22.7 Å².